The fourth-order valence-electron chi connectivity index (χ4n) is 3.02. The van der Waals surface area contributed by atoms with Crippen molar-refractivity contribution in [3.63, 3.8) is 0 Å². The Bertz CT molecular complexity index is 1020. The molecule has 0 radical (unpaired) electrons. The molecule has 8 heteroatoms. The molecule has 0 bridgehead atoms. The predicted octanol–water partition coefficient (Wildman–Crippen LogP) is 3.82. The summed E-state index contributed by atoms with van der Waals surface area (Å²) in [5.41, 5.74) is 3.65. The summed E-state index contributed by atoms with van der Waals surface area (Å²) in [6.07, 6.45) is -5.46. The molecule has 3 aromatic rings. The lowest BCUT2D eigenvalue weighted by molar-refractivity contribution is -0.175. The Morgan fingerprint density at radius 2 is 1.75 bits per heavy atom. The van der Waals surface area contributed by atoms with E-state index in [9.17, 15) is 27.9 Å². The number of para-hydroxylation sites is 1. The van der Waals surface area contributed by atoms with E-state index in [1.807, 2.05) is 31.2 Å². The van der Waals surface area contributed by atoms with Crippen LogP contribution in [0.5, 0.6) is 0 Å². The van der Waals surface area contributed by atoms with Gasteiger partial charge in [-0.1, -0.05) is 48.0 Å². The molecule has 3 rings (SSSR count). The second-order valence-electron chi connectivity index (χ2n) is 6.46. The lowest BCUT2D eigenvalue weighted by atomic mass is 9.98. The minimum absolute atomic E-state index is 0.301. The molecule has 0 saturated heterocycles. The summed E-state index contributed by atoms with van der Waals surface area (Å²) in [5.74, 6) is -3.82. The van der Waals surface area contributed by atoms with E-state index in [1.165, 1.54) is 0 Å². The van der Waals surface area contributed by atoms with Gasteiger partial charge in [0.25, 0.3) is 0 Å². The maximum absolute atomic E-state index is 12.6. The van der Waals surface area contributed by atoms with Crippen molar-refractivity contribution in [2.75, 3.05) is 0 Å². The van der Waals surface area contributed by atoms with Gasteiger partial charge in [-0.2, -0.15) is 13.2 Å². The Morgan fingerprint density at radius 3 is 2.36 bits per heavy atom. The highest BCUT2D eigenvalue weighted by Crippen LogP contribution is 2.31. The van der Waals surface area contributed by atoms with E-state index >= 15 is 0 Å². The van der Waals surface area contributed by atoms with Gasteiger partial charge < -0.3 is 15.4 Å². The van der Waals surface area contributed by atoms with Crippen LogP contribution in [0, 0.1) is 6.92 Å². The second kappa shape index (κ2) is 7.38. The van der Waals surface area contributed by atoms with Crippen LogP contribution in [0.3, 0.4) is 0 Å². The van der Waals surface area contributed by atoms with Crippen LogP contribution in [-0.2, 0) is 16.0 Å². The molecule has 1 aromatic heterocycles. The molecule has 0 aliphatic rings. The van der Waals surface area contributed by atoms with Gasteiger partial charge in [-0.25, -0.2) is 4.79 Å². The minimum Gasteiger partial charge on any atom is -0.480 e. The normalized spacial score (nSPS) is 12.7. The molecule has 0 fully saturated rings. The SMILES string of the molecule is Cc1ccc(-c2[nH]c3ccccc3c2CC(NC(=O)C(F)(F)F)C(=O)O)cc1. The molecule has 146 valence electrons. The molecule has 2 aromatic carbocycles. The first-order valence-electron chi connectivity index (χ1n) is 8.44. The topological polar surface area (TPSA) is 82.2 Å². The zero-order valence-electron chi connectivity index (χ0n) is 14.8. The molecular formula is C20H17F3N2O3. The molecule has 1 amide bonds. The lowest BCUT2D eigenvalue weighted by Gasteiger charge is -2.16. The van der Waals surface area contributed by atoms with Crippen LogP contribution in [0.4, 0.5) is 13.2 Å². The van der Waals surface area contributed by atoms with Gasteiger partial charge in [0.15, 0.2) is 0 Å². The van der Waals surface area contributed by atoms with Crippen LogP contribution in [-0.4, -0.2) is 34.2 Å². The van der Waals surface area contributed by atoms with Crippen LogP contribution in [0.2, 0.25) is 0 Å². The Morgan fingerprint density at radius 1 is 1.11 bits per heavy atom. The summed E-state index contributed by atoms with van der Waals surface area (Å²) in [4.78, 5) is 26.0. The Hall–Kier alpha value is -3.29. The quantitative estimate of drug-likeness (QED) is 0.620. The number of carboxylic acids is 1. The van der Waals surface area contributed by atoms with E-state index in [2.05, 4.69) is 4.98 Å². The summed E-state index contributed by atoms with van der Waals surface area (Å²) in [6, 6.07) is 12.8. The van der Waals surface area contributed by atoms with E-state index < -0.39 is 24.1 Å². The molecule has 0 spiro atoms. The maximum atomic E-state index is 12.6. The maximum Gasteiger partial charge on any atom is 0.471 e. The van der Waals surface area contributed by atoms with E-state index in [4.69, 9.17) is 0 Å². The summed E-state index contributed by atoms with van der Waals surface area (Å²) >= 11 is 0. The zero-order chi connectivity index (χ0) is 20.5. The third-order valence-corrected chi connectivity index (χ3v) is 4.42. The molecule has 1 heterocycles. The number of aromatic amines is 1. The number of alkyl halides is 3. The molecule has 1 unspecified atom stereocenters. The van der Waals surface area contributed by atoms with Crippen molar-refractivity contribution in [2.45, 2.75) is 25.6 Å². The Balaban J connectivity index is 2.05. The number of H-pyrrole nitrogens is 1. The Kier molecular flexibility index (Phi) is 5.13. The van der Waals surface area contributed by atoms with Crippen LogP contribution >= 0.6 is 0 Å². The van der Waals surface area contributed by atoms with Crippen molar-refractivity contribution in [3.05, 3.63) is 59.7 Å². The minimum atomic E-state index is -5.16. The first-order valence-corrected chi connectivity index (χ1v) is 8.44. The molecule has 0 saturated carbocycles. The van der Waals surface area contributed by atoms with Crippen LogP contribution in [0.15, 0.2) is 48.5 Å². The first-order chi connectivity index (χ1) is 13.2. The standard InChI is InChI=1S/C20H17F3N2O3/c1-11-6-8-12(9-7-11)17-14(13-4-2-3-5-15(13)24-17)10-16(18(26)27)25-19(28)20(21,22)23/h2-9,16,24H,10H2,1H3,(H,25,28)(H,26,27). The number of amides is 1. The molecule has 28 heavy (non-hydrogen) atoms. The second-order valence-corrected chi connectivity index (χ2v) is 6.46. The number of nitrogens with one attached hydrogen (secondary N) is 2. The monoisotopic (exact) mass is 390 g/mol. The molecule has 0 aliphatic carbocycles. The zero-order valence-corrected chi connectivity index (χ0v) is 14.8. The van der Waals surface area contributed by atoms with Crippen molar-refractivity contribution in [1.29, 1.82) is 0 Å². The van der Waals surface area contributed by atoms with Gasteiger partial charge in [0.05, 0.1) is 0 Å². The van der Waals surface area contributed by atoms with Gasteiger partial charge in [-0.05, 0) is 24.1 Å². The number of hydrogen-bond acceptors (Lipinski definition) is 2. The van der Waals surface area contributed by atoms with Crippen LogP contribution in [0.25, 0.3) is 22.2 Å². The van der Waals surface area contributed by atoms with E-state index in [0.29, 0.717) is 16.6 Å². The largest absolute Gasteiger partial charge is 0.480 e. The van der Waals surface area contributed by atoms with Gasteiger partial charge in [-0.3, -0.25) is 4.79 Å². The highest BCUT2D eigenvalue weighted by molar-refractivity contribution is 5.92. The number of rotatable bonds is 5. The number of aryl methyl sites for hydroxylation is 1. The highest BCUT2D eigenvalue weighted by Gasteiger charge is 2.41. The number of hydrogen-bond donors (Lipinski definition) is 3. The fraction of sp³-hybridized carbons (Fsp3) is 0.200. The molecule has 1 atom stereocenters. The van der Waals surface area contributed by atoms with Gasteiger partial charge >= 0.3 is 18.1 Å². The van der Waals surface area contributed by atoms with Gasteiger partial charge in [-0.15, -0.1) is 0 Å². The number of aromatic nitrogens is 1. The van der Waals surface area contributed by atoms with Crippen molar-refractivity contribution in [1.82, 2.24) is 10.3 Å². The van der Waals surface area contributed by atoms with Gasteiger partial charge in [0.2, 0.25) is 0 Å². The number of carbonyl (C=O) groups is 2. The number of benzene rings is 2. The average Bonchev–Trinajstić information content (AvgIpc) is 2.99. The number of halogens is 3. The average molecular weight is 390 g/mol. The van der Waals surface area contributed by atoms with Crippen LogP contribution in [0.1, 0.15) is 11.1 Å². The van der Waals surface area contributed by atoms with E-state index in [0.717, 1.165) is 16.6 Å². The summed E-state index contributed by atoms with van der Waals surface area (Å²) < 4.78 is 37.7. The summed E-state index contributed by atoms with van der Waals surface area (Å²) in [7, 11) is 0. The molecule has 0 aliphatic heterocycles. The van der Waals surface area contributed by atoms with Crippen molar-refractivity contribution < 1.29 is 27.9 Å². The van der Waals surface area contributed by atoms with Gasteiger partial charge in [0.1, 0.15) is 6.04 Å². The van der Waals surface area contributed by atoms with Crippen LogP contribution < -0.4 is 5.32 Å². The number of fused-ring (bicyclic) bond motifs is 1. The number of carbonyl (C=O) groups excluding carboxylic acids is 1. The lowest BCUT2D eigenvalue weighted by Crippen LogP contribution is -2.47. The third kappa shape index (κ3) is 4.00. The summed E-state index contributed by atoms with van der Waals surface area (Å²) in [5, 5.41) is 11.6. The fourth-order valence-corrected chi connectivity index (χ4v) is 3.02. The smallest absolute Gasteiger partial charge is 0.471 e. The third-order valence-electron chi connectivity index (χ3n) is 4.42. The highest BCUT2D eigenvalue weighted by atomic mass is 19.4. The number of aliphatic carboxylic acids is 1. The van der Waals surface area contributed by atoms with Gasteiger partial charge in [0, 0.05) is 23.0 Å². The number of carboxylic acid groups (broad SMARTS) is 1. The van der Waals surface area contributed by atoms with Crippen molar-refractivity contribution in [2.24, 2.45) is 0 Å². The summed E-state index contributed by atoms with van der Waals surface area (Å²) in [6.45, 7) is 1.92. The first kappa shape index (κ1) is 19.5. The molecule has 5 nitrogen and oxygen atoms in total. The Labute approximate surface area is 158 Å². The predicted molar refractivity (Wildman–Crippen MR) is 97.8 cm³/mol. The van der Waals surface area contributed by atoms with E-state index in [1.54, 1.807) is 29.6 Å². The molecule has 3 N–H and O–H groups in total. The van der Waals surface area contributed by atoms with E-state index in [-0.39, 0.29) is 6.42 Å². The van der Waals surface area contributed by atoms with Crippen molar-refractivity contribution in [3.8, 4) is 11.3 Å². The molecular weight excluding hydrogens is 373 g/mol. The van der Waals surface area contributed by atoms with Crippen molar-refractivity contribution >= 4 is 22.8 Å².